The van der Waals surface area contributed by atoms with Crippen LogP contribution in [0.25, 0.3) is 23.0 Å². The van der Waals surface area contributed by atoms with E-state index in [0.717, 1.165) is 33.8 Å². The van der Waals surface area contributed by atoms with Gasteiger partial charge in [-0.3, -0.25) is 9.69 Å². The van der Waals surface area contributed by atoms with Gasteiger partial charge >= 0.3 is 0 Å². The fraction of sp³-hybridized carbons (Fsp3) is 0.269. The molecular formula is C26H25N3O4S3. The average Bonchev–Trinajstić information content (AvgIpc) is 3.50. The molecule has 0 saturated carbocycles. The van der Waals surface area contributed by atoms with Crippen molar-refractivity contribution in [2.45, 2.75) is 26.3 Å². The first-order chi connectivity index (χ1) is 17.3. The largest absolute Gasteiger partial charge is 0.494 e. The van der Waals surface area contributed by atoms with Crippen LogP contribution in [0.5, 0.6) is 5.75 Å². The molecule has 186 valence electrons. The molecule has 0 unspecified atom stereocenters. The summed E-state index contributed by atoms with van der Waals surface area (Å²) in [5.74, 6) is 0.567. The summed E-state index contributed by atoms with van der Waals surface area (Å²) in [7, 11) is -3.14. The Kier molecular flexibility index (Phi) is 6.76. The molecule has 2 aromatic carbocycles. The van der Waals surface area contributed by atoms with Crippen LogP contribution in [0.1, 0.15) is 24.5 Å². The second-order valence-electron chi connectivity index (χ2n) is 8.73. The predicted molar refractivity (Wildman–Crippen MR) is 147 cm³/mol. The Morgan fingerprint density at radius 2 is 2.00 bits per heavy atom. The van der Waals surface area contributed by atoms with Crippen LogP contribution in [0, 0.1) is 6.92 Å². The summed E-state index contributed by atoms with van der Waals surface area (Å²) in [5, 5.41) is 4.87. The van der Waals surface area contributed by atoms with Crippen molar-refractivity contribution in [1.29, 1.82) is 0 Å². The van der Waals surface area contributed by atoms with Crippen molar-refractivity contribution in [3.8, 4) is 22.7 Å². The number of ether oxygens (including phenoxy) is 1. The van der Waals surface area contributed by atoms with Gasteiger partial charge in [-0.05, 0) is 62.2 Å². The third-order valence-corrected chi connectivity index (χ3v) is 9.29. The van der Waals surface area contributed by atoms with Crippen LogP contribution in [0.15, 0.2) is 59.6 Å². The molecule has 10 heteroatoms. The summed E-state index contributed by atoms with van der Waals surface area (Å²) in [4.78, 5) is 15.3. The van der Waals surface area contributed by atoms with Crippen molar-refractivity contribution < 1.29 is 17.9 Å². The maximum Gasteiger partial charge on any atom is 0.266 e. The molecule has 2 fully saturated rings. The van der Waals surface area contributed by atoms with Crippen LogP contribution in [-0.4, -0.2) is 57.5 Å². The number of hydrogen-bond acceptors (Lipinski definition) is 7. The number of aromatic nitrogens is 2. The molecule has 7 nitrogen and oxygen atoms in total. The van der Waals surface area contributed by atoms with Crippen LogP contribution < -0.4 is 4.74 Å². The zero-order valence-corrected chi connectivity index (χ0v) is 22.3. The van der Waals surface area contributed by atoms with E-state index in [1.165, 1.54) is 16.7 Å². The van der Waals surface area contributed by atoms with Gasteiger partial charge in [0.25, 0.3) is 5.91 Å². The van der Waals surface area contributed by atoms with E-state index in [1.54, 1.807) is 10.8 Å². The first kappa shape index (κ1) is 24.7. The molecule has 0 bridgehead atoms. The van der Waals surface area contributed by atoms with Gasteiger partial charge in [-0.2, -0.15) is 5.10 Å². The highest BCUT2D eigenvalue weighted by atomic mass is 32.2. The number of rotatable bonds is 6. The van der Waals surface area contributed by atoms with E-state index >= 15 is 0 Å². The predicted octanol–water partition coefficient (Wildman–Crippen LogP) is 4.63. The summed E-state index contributed by atoms with van der Waals surface area (Å²) in [5.41, 5.74) is 4.32. The summed E-state index contributed by atoms with van der Waals surface area (Å²) in [6, 6.07) is 15.2. The van der Waals surface area contributed by atoms with E-state index in [4.69, 9.17) is 22.1 Å². The zero-order chi connectivity index (χ0) is 25.4. The van der Waals surface area contributed by atoms with Gasteiger partial charge in [0.1, 0.15) is 15.8 Å². The standard InChI is InChI=1S/C26H25N3O4S3/c1-3-33-21-9-10-22(17(2)13-21)24-18(15-28(27-24)19-7-5-4-6-8-19)14-23-25(30)29(26(34)35-23)20-11-12-36(31,32)16-20/h4-10,13-15,20H,3,11-12,16H2,1-2H3/b23-14-/t20-/m1/s1. The highest BCUT2D eigenvalue weighted by Gasteiger charge is 2.42. The molecule has 2 saturated heterocycles. The number of sulfone groups is 1. The summed E-state index contributed by atoms with van der Waals surface area (Å²) in [6.07, 6.45) is 4.11. The van der Waals surface area contributed by atoms with Gasteiger partial charge in [0.2, 0.25) is 0 Å². The minimum absolute atomic E-state index is 0.0463. The Balaban J connectivity index is 1.56. The van der Waals surface area contributed by atoms with Gasteiger partial charge in [0, 0.05) is 17.3 Å². The average molecular weight is 540 g/mol. The van der Waals surface area contributed by atoms with Crippen LogP contribution >= 0.6 is 24.0 Å². The molecule has 3 heterocycles. The second kappa shape index (κ2) is 9.84. The van der Waals surface area contributed by atoms with Gasteiger partial charge in [0.05, 0.1) is 34.7 Å². The Morgan fingerprint density at radius 3 is 2.67 bits per heavy atom. The summed E-state index contributed by atoms with van der Waals surface area (Å²) >= 11 is 6.69. The number of thiocarbonyl (C=S) groups is 1. The first-order valence-corrected chi connectivity index (χ1v) is 14.7. The van der Waals surface area contributed by atoms with Gasteiger partial charge < -0.3 is 4.74 Å². The van der Waals surface area contributed by atoms with Gasteiger partial charge in [0.15, 0.2) is 9.84 Å². The highest BCUT2D eigenvalue weighted by Crippen LogP contribution is 2.38. The lowest BCUT2D eigenvalue weighted by Crippen LogP contribution is -2.39. The lowest BCUT2D eigenvalue weighted by Gasteiger charge is -2.20. The molecule has 5 rings (SSSR count). The SMILES string of the molecule is CCOc1ccc(-c2nn(-c3ccccc3)cc2/C=C2\SC(=S)N([C@@H]3CCS(=O)(=O)C3)C2=O)c(C)c1. The normalized spacial score (nSPS) is 20.4. The fourth-order valence-corrected chi connectivity index (χ4v) is 7.58. The smallest absolute Gasteiger partial charge is 0.266 e. The number of thioether (sulfide) groups is 1. The topological polar surface area (TPSA) is 81.5 Å². The van der Waals surface area contributed by atoms with E-state index < -0.39 is 15.9 Å². The maximum absolute atomic E-state index is 13.3. The number of aryl methyl sites for hydroxylation is 1. The molecule has 36 heavy (non-hydrogen) atoms. The summed E-state index contributed by atoms with van der Waals surface area (Å²) in [6.45, 7) is 4.53. The number of benzene rings is 2. The number of carbonyl (C=O) groups is 1. The van der Waals surface area contributed by atoms with Crippen LogP contribution in [0.4, 0.5) is 0 Å². The van der Waals surface area contributed by atoms with E-state index in [9.17, 15) is 13.2 Å². The Hall–Kier alpha value is -2.95. The lowest BCUT2D eigenvalue weighted by atomic mass is 10.0. The van der Waals surface area contributed by atoms with Gasteiger partial charge in [-0.25, -0.2) is 13.1 Å². The van der Waals surface area contributed by atoms with Crippen molar-refractivity contribution in [1.82, 2.24) is 14.7 Å². The van der Waals surface area contributed by atoms with Gasteiger partial charge in [-0.1, -0.05) is 42.2 Å². The van der Waals surface area contributed by atoms with Crippen LogP contribution in [-0.2, 0) is 14.6 Å². The quantitative estimate of drug-likeness (QED) is 0.334. The van der Waals surface area contributed by atoms with Crippen molar-refractivity contribution >= 4 is 50.1 Å². The second-order valence-corrected chi connectivity index (χ2v) is 12.6. The van der Waals surface area contributed by atoms with E-state index in [1.807, 2.05) is 68.6 Å². The summed E-state index contributed by atoms with van der Waals surface area (Å²) < 4.78 is 31.8. The third-order valence-electron chi connectivity index (χ3n) is 6.21. The third kappa shape index (κ3) is 4.85. The maximum atomic E-state index is 13.3. The molecule has 1 aromatic heterocycles. The molecular weight excluding hydrogens is 515 g/mol. The van der Waals surface area contributed by atoms with Crippen molar-refractivity contribution in [3.63, 3.8) is 0 Å². The molecule has 1 atom stereocenters. The minimum atomic E-state index is -3.14. The number of amides is 1. The zero-order valence-electron chi connectivity index (χ0n) is 19.9. The fourth-order valence-electron chi connectivity index (χ4n) is 4.49. The van der Waals surface area contributed by atoms with Crippen molar-refractivity contribution in [3.05, 3.63) is 70.8 Å². The monoisotopic (exact) mass is 539 g/mol. The Labute approximate surface area is 220 Å². The van der Waals surface area contributed by atoms with Crippen LogP contribution in [0.3, 0.4) is 0 Å². The van der Waals surface area contributed by atoms with Crippen molar-refractivity contribution in [2.75, 3.05) is 18.1 Å². The molecule has 0 aliphatic carbocycles. The molecule has 0 radical (unpaired) electrons. The van der Waals surface area contributed by atoms with Gasteiger partial charge in [-0.15, -0.1) is 0 Å². The molecule has 0 N–H and O–H groups in total. The Morgan fingerprint density at radius 1 is 1.22 bits per heavy atom. The minimum Gasteiger partial charge on any atom is -0.494 e. The van der Waals surface area contributed by atoms with Crippen LogP contribution in [0.2, 0.25) is 0 Å². The van der Waals surface area contributed by atoms with E-state index in [2.05, 4.69) is 0 Å². The number of hydrogen-bond donors (Lipinski definition) is 0. The Bertz CT molecular complexity index is 1480. The number of carbonyl (C=O) groups excluding carboxylic acids is 1. The molecule has 3 aromatic rings. The van der Waals surface area contributed by atoms with E-state index in [0.29, 0.717) is 22.3 Å². The highest BCUT2D eigenvalue weighted by molar-refractivity contribution is 8.26. The van der Waals surface area contributed by atoms with E-state index in [-0.39, 0.29) is 17.4 Å². The molecule has 2 aliphatic rings. The molecule has 1 amide bonds. The number of nitrogens with zero attached hydrogens (tertiary/aromatic N) is 3. The first-order valence-electron chi connectivity index (χ1n) is 11.6. The lowest BCUT2D eigenvalue weighted by molar-refractivity contribution is -0.123. The molecule has 0 spiro atoms. The van der Waals surface area contributed by atoms with Crippen molar-refractivity contribution in [2.24, 2.45) is 0 Å². The number of para-hydroxylation sites is 1. The molecule has 2 aliphatic heterocycles.